The van der Waals surface area contributed by atoms with E-state index in [0.717, 1.165) is 0 Å². The van der Waals surface area contributed by atoms with Crippen LogP contribution in [0.5, 0.6) is 5.75 Å². The second-order valence-electron chi connectivity index (χ2n) is 2.66. The molecule has 13 heavy (non-hydrogen) atoms. The Morgan fingerprint density at radius 3 is 2.77 bits per heavy atom. The van der Waals surface area contributed by atoms with Gasteiger partial charge in [0.1, 0.15) is 25.1 Å². The van der Waals surface area contributed by atoms with Gasteiger partial charge in [-0.05, 0) is 12.1 Å². The van der Waals surface area contributed by atoms with Crippen molar-refractivity contribution in [2.24, 2.45) is 0 Å². The number of para-hydroxylation sites is 2. The number of aliphatic hydroxyl groups excluding tert-OH is 1. The summed E-state index contributed by atoms with van der Waals surface area (Å²) in [6, 6.07) is 6.87. The number of alkyl halides is 1. The molecule has 4 heteroatoms. The summed E-state index contributed by atoms with van der Waals surface area (Å²) in [5, 5.41) is 8.87. The first-order valence-corrected chi connectivity index (χ1v) is 3.95. The Hall–Kier alpha value is -1.29. The molecule has 1 unspecified atom stereocenters. The first kappa shape index (κ1) is 9.80. The van der Waals surface area contributed by atoms with Crippen LogP contribution in [-0.4, -0.2) is 24.5 Å². The van der Waals surface area contributed by atoms with Crippen LogP contribution < -0.4 is 10.5 Å². The quantitative estimate of drug-likeness (QED) is 0.687. The van der Waals surface area contributed by atoms with Crippen LogP contribution >= 0.6 is 0 Å². The van der Waals surface area contributed by atoms with E-state index in [1.165, 1.54) is 0 Å². The molecular weight excluding hydrogens is 173 g/mol. The predicted octanol–water partition coefficient (Wildman–Crippen LogP) is 0.978. The molecule has 0 fully saturated rings. The van der Waals surface area contributed by atoms with Gasteiger partial charge in [-0.1, -0.05) is 12.1 Å². The van der Waals surface area contributed by atoms with Crippen molar-refractivity contribution in [1.29, 1.82) is 0 Å². The molecule has 1 aromatic rings. The minimum Gasteiger partial charge on any atom is -0.489 e. The number of anilines is 1. The largest absolute Gasteiger partial charge is 0.489 e. The second kappa shape index (κ2) is 4.67. The molecule has 0 spiro atoms. The molecule has 0 heterocycles. The number of aliphatic hydroxyl groups is 1. The van der Waals surface area contributed by atoms with Crippen molar-refractivity contribution >= 4 is 5.69 Å². The maximum absolute atomic E-state index is 11.8. The molecule has 72 valence electrons. The summed E-state index contributed by atoms with van der Waals surface area (Å²) in [4.78, 5) is 0. The highest BCUT2D eigenvalue weighted by Gasteiger charge is 2.05. The topological polar surface area (TPSA) is 55.5 Å². The van der Waals surface area contributed by atoms with Crippen LogP contribution in [0.1, 0.15) is 0 Å². The Bertz CT molecular complexity index is 268. The van der Waals surface area contributed by atoms with E-state index in [1.807, 2.05) is 0 Å². The van der Waals surface area contributed by atoms with E-state index in [0.29, 0.717) is 11.4 Å². The van der Waals surface area contributed by atoms with Crippen molar-refractivity contribution in [2.45, 2.75) is 6.10 Å². The Balaban J connectivity index is 2.50. The number of hydrogen-bond acceptors (Lipinski definition) is 3. The fourth-order valence-corrected chi connectivity index (χ4v) is 0.842. The molecule has 0 aliphatic carbocycles. The smallest absolute Gasteiger partial charge is 0.142 e. The van der Waals surface area contributed by atoms with Gasteiger partial charge < -0.3 is 15.6 Å². The van der Waals surface area contributed by atoms with Gasteiger partial charge in [0.05, 0.1) is 5.69 Å². The zero-order valence-corrected chi connectivity index (χ0v) is 7.11. The van der Waals surface area contributed by atoms with Crippen LogP contribution in [0.25, 0.3) is 0 Å². The summed E-state index contributed by atoms with van der Waals surface area (Å²) in [6.45, 7) is -0.891. The molecule has 1 rings (SSSR count). The monoisotopic (exact) mass is 185 g/mol. The summed E-state index contributed by atoms with van der Waals surface area (Å²) in [5.41, 5.74) is 6.03. The van der Waals surface area contributed by atoms with E-state index in [4.69, 9.17) is 15.6 Å². The van der Waals surface area contributed by atoms with Crippen LogP contribution in [0.4, 0.5) is 10.1 Å². The first-order valence-electron chi connectivity index (χ1n) is 3.95. The third-order valence-electron chi connectivity index (χ3n) is 1.53. The van der Waals surface area contributed by atoms with Crippen molar-refractivity contribution in [3.8, 4) is 5.75 Å². The van der Waals surface area contributed by atoms with Crippen molar-refractivity contribution in [3.05, 3.63) is 24.3 Å². The number of ether oxygens (including phenoxy) is 1. The summed E-state index contributed by atoms with van der Waals surface area (Å²) >= 11 is 0. The number of halogens is 1. The number of nitrogen functional groups attached to an aromatic ring is 1. The Kier molecular flexibility index (Phi) is 3.52. The highest BCUT2D eigenvalue weighted by molar-refractivity contribution is 5.51. The van der Waals surface area contributed by atoms with Crippen LogP contribution in [-0.2, 0) is 0 Å². The van der Waals surface area contributed by atoms with Gasteiger partial charge in [-0.3, -0.25) is 0 Å². The standard InChI is InChI=1S/C9H12FNO2/c10-5-7(12)6-13-9-4-2-1-3-8(9)11/h1-4,7,12H,5-6,11H2. The third-order valence-corrected chi connectivity index (χ3v) is 1.53. The lowest BCUT2D eigenvalue weighted by molar-refractivity contribution is 0.0845. The fourth-order valence-electron chi connectivity index (χ4n) is 0.842. The van der Waals surface area contributed by atoms with Crippen LogP contribution in [0.15, 0.2) is 24.3 Å². The van der Waals surface area contributed by atoms with Crippen molar-refractivity contribution < 1.29 is 14.2 Å². The van der Waals surface area contributed by atoms with E-state index in [2.05, 4.69) is 0 Å². The average Bonchev–Trinajstić information content (AvgIpc) is 2.16. The van der Waals surface area contributed by atoms with E-state index in [1.54, 1.807) is 24.3 Å². The predicted molar refractivity (Wildman–Crippen MR) is 48.3 cm³/mol. The minimum absolute atomic E-state index is 0.0787. The van der Waals surface area contributed by atoms with Crippen molar-refractivity contribution in [1.82, 2.24) is 0 Å². The van der Waals surface area contributed by atoms with Crippen molar-refractivity contribution in [2.75, 3.05) is 19.0 Å². The van der Waals surface area contributed by atoms with Gasteiger partial charge in [0, 0.05) is 0 Å². The maximum atomic E-state index is 11.8. The molecule has 0 amide bonds. The minimum atomic E-state index is -1.08. The van der Waals surface area contributed by atoms with Gasteiger partial charge in [-0.15, -0.1) is 0 Å². The molecule has 0 saturated heterocycles. The number of hydrogen-bond donors (Lipinski definition) is 2. The van der Waals surface area contributed by atoms with E-state index >= 15 is 0 Å². The Labute approximate surface area is 75.9 Å². The molecule has 0 aliphatic rings. The molecule has 0 aromatic heterocycles. The second-order valence-corrected chi connectivity index (χ2v) is 2.66. The molecular formula is C9H12FNO2. The molecule has 0 saturated carbocycles. The summed E-state index contributed by atoms with van der Waals surface area (Å²) < 4.78 is 16.9. The van der Waals surface area contributed by atoms with Gasteiger partial charge in [-0.2, -0.15) is 0 Å². The molecule has 1 aromatic carbocycles. The lowest BCUT2D eigenvalue weighted by Crippen LogP contribution is -2.19. The highest BCUT2D eigenvalue weighted by Crippen LogP contribution is 2.19. The Morgan fingerprint density at radius 2 is 2.15 bits per heavy atom. The Morgan fingerprint density at radius 1 is 1.46 bits per heavy atom. The summed E-state index contributed by atoms with van der Waals surface area (Å²) in [5.74, 6) is 0.468. The SMILES string of the molecule is Nc1ccccc1OCC(O)CF. The van der Waals surface area contributed by atoms with E-state index < -0.39 is 12.8 Å². The highest BCUT2D eigenvalue weighted by atomic mass is 19.1. The first-order chi connectivity index (χ1) is 6.24. The van der Waals surface area contributed by atoms with Gasteiger partial charge in [0.15, 0.2) is 0 Å². The van der Waals surface area contributed by atoms with E-state index in [9.17, 15) is 4.39 Å². The molecule has 0 bridgehead atoms. The molecule has 0 radical (unpaired) electrons. The summed E-state index contributed by atoms with van der Waals surface area (Å²) in [6.07, 6.45) is -1.08. The normalized spacial score (nSPS) is 12.5. The molecule has 1 atom stereocenters. The average molecular weight is 185 g/mol. The van der Waals surface area contributed by atoms with Crippen LogP contribution in [0, 0.1) is 0 Å². The lowest BCUT2D eigenvalue weighted by Gasteiger charge is -2.10. The molecule has 3 nitrogen and oxygen atoms in total. The number of benzene rings is 1. The molecule has 3 N–H and O–H groups in total. The van der Waals surface area contributed by atoms with Crippen molar-refractivity contribution in [3.63, 3.8) is 0 Å². The number of rotatable bonds is 4. The van der Waals surface area contributed by atoms with Gasteiger partial charge >= 0.3 is 0 Å². The third kappa shape index (κ3) is 2.91. The maximum Gasteiger partial charge on any atom is 0.142 e. The van der Waals surface area contributed by atoms with E-state index in [-0.39, 0.29) is 6.61 Å². The molecule has 0 aliphatic heterocycles. The van der Waals surface area contributed by atoms with Gasteiger partial charge in [0.2, 0.25) is 0 Å². The van der Waals surface area contributed by atoms with Gasteiger partial charge in [-0.25, -0.2) is 4.39 Å². The zero-order valence-electron chi connectivity index (χ0n) is 7.11. The zero-order chi connectivity index (χ0) is 9.68. The summed E-state index contributed by atoms with van der Waals surface area (Å²) in [7, 11) is 0. The van der Waals surface area contributed by atoms with Gasteiger partial charge in [0.25, 0.3) is 0 Å². The lowest BCUT2D eigenvalue weighted by atomic mass is 10.3. The van der Waals surface area contributed by atoms with Crippen LogP contribution in [0.3, 0.4) is 0 Å². The van der Waals surface area contributed by atoms with Crippen LogP contribution in [0.2, 0.25) is 0 Å². The fraction of sp³-hybridized carbons (Fsp3) is 0.333. The number of nitrogens with two attached hydrogens (primary N) is 1.